The van der Waals surface area contributed by atoms with Crippen LogP contribution in [-0.2, 0) is 11.4 Å². The molecule has 0 spiro atoms. The summed E-state index contributed by atoms with van der Waals surface area (Å²) in [5, 5.41) is 12.5. The van der Waals surface area contributed by atoms with E-state index in [0.717, 1.165) is 5.56 Å². The van der Waals surface area contributed by atoms with Gasteiger partial charge in [0.2, 0.25) is 0 Å². The molecule has 0 aliphatic heterocycles. The number of amides is 1. The second kappa shape index (κ2) is 10.3. The molecule has 31 heavy (non-hydrogen) atoms. The molecule has 0 atom stereocenters. The van der Waals surface area contributed by atoms with E-state index in [2.05, 4.69) is 5.32 Å². The summed E-state index contributed by atoms with van der Waals surface area (Å²) >= 11 is 5.97. The van der Waals surface area contributed by atoms with Gasteiger partial charge in [-0.3, -0.25) is 4.79 Å². The number of benzene rings is 3. The maximum absolute atomic E-state index is 13.0. The van der Waals surface area contributed by atoms with Crippen molar-refractivity contribution in [3.8, 4) is 17.6 Å². The van der Waals surface area contributed by atoms with Crippen molar-refractivity contribution in [2.24, 2.45) is 0 Å². The maximum Gasteiger partial charge on any atom is 0.266 e. The summed E-state index contributed by atoms with van der Waals surface area (Å²) in [7, 11) is 1.47. The highest BCUT2D eigenvalue weighted by atomic mass is 35.5. The second-order valence-electron chi connectivity index (χ2n) is 6.45. The molecule has 1 N–H and O–H groups in total. The van der Waals surface area contributed by atoms with Crippen molar-refractivity contribution in [1.82, 2.24) is 0 Å². The van der Waals surface area contributed by atoms with Crippen LogP contribution in [-0.4, -0.2) is 13.0 Å². The van der Waals surface area contributed by atoms with Crippen molar-refractivity contribution in [2.45, 2.75) is 6.61 Å². The van der Waals surface area contributed by atoms with Crippen LogP contribution in [0.2, 0.25) is 5.02 Å². The van der Waals surface area contributed by atoms with Gasteiger partial charge in [0.05, 0.1) is 12.8 Å². The van der Waals surface area contributed by atoms with Crippen molar-refractivity contribution < 1.29 is 18.7 Å². The first-order valence-electron chi connectivity index (χ1n) is 9.22. The fraction of sp³-hybridized carbons (Fsp3) is 0.0833. The van der Waals surface area contributed by atoms with Gasteiger partial charge in [-0.1, -0.05) is 35.9 Å². The van der Waals surface area contributed by atoms with Crippen molar-refractivity contribution in [2.75, 3.05) is 12.4 Å². The quantitative estimate of drug-likeness (QED) is 0.386. The molecule has 0 aromatic heterocycles. The summed E-state index contributed by atoms with van der Waals surface area (Å²) in [5.74, 6) is 0.150. The molecule has 0 fully saturated rings. The van der Waals surface area contributed by atoms with Gasteiger partial charge in [-0.25, -0.2) is 4.39 Å². The van der Waals surface area contributed by atoms with Crippen molar-refractivity contribution in [3.63, 3.8) is 0 Å². The number of hydrogen-bond donors (Lipinski definition) is 1. The molecule has 1 amide bonds. The molecule has 7 heteroatoms. The molecule has 0 aliphatic carbocycles. The average molecular weight is 437 g/mol. The van der Waals surface area contributed by atoms with E-state index in [0.29, 0.717) is 34.4 Å². The normalized spacial score (nSPS) is 10.8. The molecule has 3 aromatic rings. The lowest BCUT2D eigenvalue weighted by Crippen LogP contribution is -2.14. The molecular weight excluding hydrogens is 419 g/mol. The van der Waals surface area contributed by atoms with Crippen LogP contribution in [0, 0.1) is 17.1 Å². The summed E-state index contributed by atoms with van der Waals surface area (Å²) in [6.45, 7) is 0.294. The minimum Gasteiger partial charge on any atom is -0.495 e. The second-order valence-corrected chi connectivity index (χ2v) is 6.89. The predicted octanol–water partition coefficient (Wildman–Crippen LogP) is 5.61. The van der Waals surface area contributed by atoms with Crippen LogP contribution in [0.1, 0.15) is 11.1 Å². The van der Waals surface area contributed by atoms with Crippen LogP contribution < -0.4 is 14.8 Å². The van der Waals surface area contributed by atoms with Gasteiger partial charge in [-0.2, -0.15) is 5.26 Å². The third-order valence-corrected chi connectivity index (χ3v) is 4.52. The monoisotopic (exact) mass is 436 g/mol. The van der Waals surface area contributed by atoms with E-state index in [9.17, 15) is 14.4 Å². The molecule has 0 saturated heterocycles. The lowest BCUT2D eigenvalue weighted by molar-refractivity contribution is -0.112. The molecule has 0 bridgehead atoms. The Balaban J connectivity index is 1.67. The number of ether oxygens (including phenoxy) is 2. The molecule has 5 nitrogen and oxygen atoms in total. The Bertz CT molecular complexity index is 1140. The molecule has 0 radical (unpaired) electrons. The van der Waals surface area contributed by atoms with Gasteiger partial charge in [0, 0.05) is 5.02 Å². The first-order chi connectivity index (χ1) is 15.0. The molecule has 156 valence electrons. The number of carbonyl (C=O) groups excluding carboxylic acids is 1. The third-order valence-electron chi connectivity index (χ3n) is 4.28. The Hall–Kier alpha value is -3.82. The molecule has 0 saturated carbocycles. The fourth-order valence-corrected chi connectivity index (χ4v) is 2.86. The smallest absolute Gasteiger partial charge is 0.266 e. The van der Waals surface area contributed by atoms with Gasteiger partial charge in [0.1, 0.15) is 35.6 Å². The highest BCUT2D eigenvalue weighted by Gasteiger charge is 2.13. The molecule has 0 heterocycles. The SMILES string of the molecule is COc1ccc(Cl)cc1NC(=O)/C(C#N)=C/c1ccc(OCc2ccc(F)cc2)cc1. The standard InChI is InChI=1S/C24H18ClFN2O3/c1-30-23-11-6-19(25)13-22(23)28-24(29)18(14-27)12-16-4-9-21(10-5-16)31-15-17-2-7-20(26)8-3-17/h2-13H,15H2,1H3,(H,28,29)/b18-12+. The largest absolute Gasteiger partial charge is 0.495 e. The van der Waals surface area contributed by atoms with Gasteiger partial charge in [-0.15, -0.1) is 0 Å². The average Bonchev–Trinajstić information content (AvgIpc) is 2.78. The zero-order chi connectivity index (χ0) is 22.2. The molecular formula is C24H18ClFN2O3. The number of hydrogen-bond acceptors (Lipinski definition) is 4. The van der Waals surface area contributed by atoms with E-state index in [1.54, 1.807) is 54.6 Å². The number of nitrogens with one attached hydrogen (secondary N) is 1. The lowest BCUT2D eigenvalue weighted by Gasteiger charge is -2.10. The number of rotatable bonds is 7. The van der Waals surface area contributed by atoms with Crippen molar-refractivity contribution >= 4 is 29.3 Å². The van der Waals surface area contributed by atoms with Crippen molar-refractivity contribution in [1.29, 1.82) is 5.26 Å². The Morgan fingerprint density at radius 2 is 1.84 bits per heavy atom. The van der Waals surface area contributed by atoms with E-state index in [-0.39, 0.29) is 11.4 Å². The number of anilines is 1. The van der Waals surface area contributed by atoms with Gasteiger partial charge in [0.15, 0.2) is 0 Å². The van der Waals surface area contributed by atoms with E-state index in [1.165, 1.54) is 25.3 Å². The van der Waals surface area contributed by atoms with Gasteiger partial charge >= 0.3 is 0 Å². The predicted molar refractivity (Wildman–Crippen MR) is 117 cm³/mol. The number of methoxy groups -OCH3 is 1. The van der Waals surface area contributed by atoms with Crippen LogP contribution in [0.3, 0.4) is 0 Å². The summed E-state index contributed by atoms with van der Waals surface area (Å²) in [4.78, 5) is 12.5. The topological polar surface area (TPSA) is 71.3 Å². The van der Waals surface area contributed by atoms with Crippen LogP contribution in [0.5, 0.6) is 11.5 Å². The van der Waals surface area contributed by atoms with Gasteiger partial charge in [-0.05, 0) is 59.7 Å². The van der Waals surface area contributed by atoms with Crippen LogP contribution in [0.25, 0.3) is 6.08 Å². The third kappa shape index (κ3) is 6.08. The maximum atomic E-state index is 13.0. The van der Waals surface area contributed by atoms with Crippen molar-refractivity contribution in [3.05, 3.63) is 94.3 Å². The number of halogens is 2. The Morgan fingerprint density at radius 1 is 1.13 bits per heavy atom. The first kappa shape index (κ1) is 21.9. The highest BCUT2D eigenvalue weighted by molar-refractivity contribution is 6.31. The van der Waals surface area contributed by atoms with Gasteiger partial charge in [0.25, 0.3) is 5.91 Å². The zero-order valence-corrected chi connectivity index (χ0v) is 17.3. The summed E-state index contributed by atoms with van der Waals surface area (Å²) in [6, 6.07) is 19.7. The first-order valence-corrected chi connectivity index (χ1v) is 9.60. The summed E-state index contributed by atoms with van der Waals surface area (Å²) < 4.78 is 23.8. The van der Waals surface area contributed by atoms with E-state index in [4.69, 9.17) is 21.1 Å². The minimum absolute atomic E-state index is 0.0815. The van der Waals surface area contributed by atoms with Crippen LogP contribution >= 0.6 is 11.6 Å². The summed E-state index contributed by atoms with van der Waals surface area (Å²) in [6.07, 6.45) is 1.47. The van der Waals surface area contributed by atoms with Gasteiger partial charge < -0.3 is 14.8 Å². The highest BCUT2D eigenvalue weighted by Crippen LogP contribution is 2.28. The van der Waals surface area contributed by atoms with E-state index < -0.39 is 5.91 Å². The Labute approximate surface area is 184 Å². The Morgan fingerprint density at radius 3 is 2.48 bits per heavy atom. The lowest BCUT2D eigenvalue weighted by atomic mass is 10.1. The number of nitrogens with zero attached hydrogens (tertiary/aromatic N) is 1. The number of carbonyl (C=O) groups is 1. The molecule has 0 aliphatic rings. The molecule has 0 unspecified atom stereocenters. The van der Waals surface area contributed by atoms with E-state index in [1.807, 2.05) is 6.07 Å². The van der Waals surface area contributed by atoms with Crippen LogP contribution in [0.15, 0.2) is 72.3 Å². The fourth-order valence-electron chi connectivity index (χ4n) is 2.69. The number of nitriles is 1. The molecule has 3 rings (SSSR count). The summed E-state index contributed by atoms with van der Waals surface area (Å²) in [5.41, 5.74) is 1.77. The zero-order valence-electron chi connectivity index (χ0n) is 16.6. The Kier molecular flexibility index (Phi) is 7.26. The van der Waals surface area contributed by atoms with E-state index >= 15 is 0 Å². The molecule has 3 aromatic carbocycles. The van der Waals surface area contributed by atoms with Crippen LogP contribution in [0.4, 0.5) is 10.1 Å². The minimum atomic E-state index is -0.584.